The molecule has 1 aliphatic heterocycles. The fourth-order valence-corrected chi connectivity index (χ4v) is 2.85. The van der Waals surface area contributed by atoms with Crippen molar-refractivity contribution in [1.82, 2.24) is 4.90 Å². The Hall–Kier alpha value is 1.14. The standard InChI is InChI=1S/C8H14BF3NO2S.K/c1-8(9(10,11)12)7-13-3-2-5-16(14,15)6-4-13;/h1-7H2;/q-1;+1. The second-order valence-electron chi connectivity index (χ2n) is 4.01. The Bertz CT molecular complexity index is 371. The number of sulfone groups is 1. The summed E-state index contributed by atoms with van der Waals surface area (Å²) >= 11 is 0. The number of hydrogen-bond acceptors (Lipinski definition) is 3. The molecule has 0 spiro atoms. The van der Waals surface area contributed by atoms with Crippen LogP contribution in [0.15, 0.2) is 12.1 Å². The molecule has 17 heavy (non-hydrogen) atoms. The minimum absolute atomic E-state index is 0. The average Bonchev–Trinajstić information content (AvgIpc) is 2.26. The van der Waals surface area contributed by atoms with Gasteiger partial charge in [-0.2, -0.15) is 0 Å². The second kappa shape index (κ2) is 7.07. The molecule has 1 rings (SSSR count). The maximum Gasteiger partial charge on any atom is 1.00 e. The number of rotatable bonds is 3. The molecule has 0 N–H and O–H groups in total. The van der Waals surface area contributed by atoms with Crippen molar-refractivity contribution in [1.29, 1.82) is 0 Å². The third-order valence-electron chi connectivity index (χ3n) is 2.54. The van der Waals surface area contributed by atoms with E-state index in [0.29, 0.717) is 13.0 Å². The summed E-state index contributed by atoms with van der Waals surface area (Å²) in [4.78, 5) is 1.50. The summed E-state index contributed by atoms with van der Waals surface area (Å²) in [5.74, 6) is -0.00171. The van der Waals surface area contributed by atoms with Gasteiger partial charge in [0.2, 0.25) is 0 Å². The Morgan fingerprint density at radius 3 is 2.35 bits per heavy atom. The Kier molecular flexibility index (Phi) is 7.54. The van der Waals surface area contributed by atoms with Crippen LogP contribution in [0.3, 0.4) is 0 Å². The Morgan fingerprint density at radius 2 is 1.82 bits per heavy atom. The Labute approximate surface area is 142 Å². The van der Waals surface area contributed by atoms with E-state index in [4.69, 9.17) is 0 Å². The van der Waals surface area contributed by atoms with Crippen molar-refractivity contribution >= 4 is 16.8 Å². The van der Waals surface area contributed by atoms with E-state index in [-0.39, 0.29) is 76.0 Å². The van der Waals surface area contributed by atoms with Crippen molar-refractivity contribution in [2.45, 2.75) is 6.42 Å². The van der Waals surface area contributed by atoms with Gasteiger partial charge < -0.3 is 17.8 Å². The van der Waals surface area contributed by atoms with Gasteiger partial charge in [0, 0.05) is 6.54 Å². The third-order valence-corrected chi connectivity index (χ3v) is 4.25. The second-order valence-corrected chi connectivity index (χ2v) is 6.32. The van der Waals surface area contributed by atoms with Gasteiger partial charge in [-0.25, -0.2) is 8.42 Å². The van der Waals surface area contributed by atoms with E-state index >= 15 is 0 Å². The molecule has 0 unspecified atom stereocenters. The SMILES string of the molecule is C=C(CN1CCCS(=O)(=O)CC1)[B-](F)(F)F.[K+]. The van der Waals surface area contributed by atoms with Gasteiger partial charge >= 0.3 is 58.4 Å². The molecule has 94 valence electrons. The summed E-state index contributed by atoms with van der Waals surface area (Å²) in [5, 5.41) is 0. The van der Waals surface area contributed by atoms with Gasteiger partial charge in [-0.05, 0) is 19.5 Å². The first-order chi connectivity index (χ1) is 7.21. The van der Waals surface area contributed by atoms with Crippen LogP contribution in [0.1, 0.15) is 6.42 Å². The fourth-order valence-electron chi connectivity index (χ4n) is 1.54. The number of nitrogens with zero attached hydrogens (tertiary/aromatic N) is 1. The van der Waals surface area contributed by atoms with E-state index in [2.05, 4.69) is 6.58 Å². The average molecular weight is 295 g/mol. The smallest absolute Gasteiger partial charge is 0.445 e. The zero-order chi connectivity index (χ0) is 12.4. The van der Waals surface area contributed by atoms with E-state index in [0.717, 1.165) is 0 Å². The summed E-state index contributed by atoms with van der Waals surface area (Å²) in [6.45, 7) is -1.76. The summed E-state index contributed by atoms with van der Waals surface area (Å²) in [7, 11) is -3.07. The largest absolute Gasteiger partial charge is 1.00 e. The normalized spacial score (nSPS) is 21.4. The zero-order valence-electron chi connectivity index (χ0n) is 9.83. The zero-order valence-corrected chi connectivity index (χ0v) is 13.8. The van der Waals surface area contributed by atoms with E-state index in [1.54, 1.807) is 0 Å². The molecule has 0 bridgehead atoms. The summed E-state index contributed by atoms with van der Waals surface area (Å²) in [6, 6.07) is 0. The molecule has 1 fully saturated rings. The first-order valence-electron chi connectivity index (χ1n) is 5.01. The van der Waals surface area contributed by atoms with E-state index in [9.17, 15) is 21.4 Å². The molecular formula is C8H14BF3KNO2S. The topological polar surface area (TPSA) is 37.4 Å². The van der Waals surface area contributed by atoms with Crippen molar-refractivity contribution in [3.63, 3.8) is 0 Å². The van der Waals surface area contributed by atoms with Crippen LogP contribution in [0.25, 0.3) is 0 Å². The van der Waals surface area contributed by atoms with Gasteiger partial charge in [0.1, 0.15) is 0 Å². The molecule has 0 aliphatic carbocycles. The van der Waals surface area contributed by atoms with Gasteiger partial charge in [0.05, 0.1) is 11.5 Å². The number of hydrogen-bond donors (Lipinski definition) is 0. The van der Waals surface area contributed by atoms with Crippen LogP contribution in [0.2, 0.25) is 0 Å². The van der Waals surface area contributed by atoms with Crippen LogP contribution in [0.5, 0.6) is 0 Å². The molecule has 0 atom stereocenters. The van der Waals surface area contributed by atoms with Crippen LogP contribution in [-0.2, 0) is 9.84 Å². The van der Waals surface area contributed by atoms with Crippen LogP contribution in [0, 0.1) is 0 Å². The fraction of sp³-hybridized carbons (Fsp3) is 0.750. The van der Waals surface area contributed by atoms with Crippen LogP contribution in [-0.4, -0.2) is 51.4 Å². The first-order valence-corrected chi connectivity index (χ1v) is 6.83. The Balaban J connectivity index is 0.00000256. The molecule has 0 amide bonds. The van der Waals surface area contributed by atoms with E-state index in [1.807, 2.05) is 0 Å². The van der Waals surface area contributed by atoms with Crippen LogP contribution >= 0.6 is 0 Å². The minimum atomic E-state index is -5.02. The molecule has 0 saturated carbocycles. The minimum Gasteiger partial charge on any atom is -0.445 e. The molecule has 0 aromatic rings. The summed E-state index contributed by atoms with van der Waals surface area (Å²) in [5.41, 5.74) is -0.765. The maximum atomic E-state index is 12.3. The van der Waals surface area contributed by atoms with Crippen LogP contribution in [0.4, 0.5) is 12.9 Å². The summed E-state index contributed by atoms with van der Waals surface area (Å²) < 4.78 is 59.3. The monoisotopic (exact) mass is 295 g/mol. The van der Waals surface area contributed by atoms with Crippen LogP contribution < -0.4 is 51.4 Å². The molecular weight excluding hydrogens is 281 g/mol. The first kappa shape index (κ1) is 18.1. The molecule has 0 radical (unpaired) electrons. The molecule has 0 aromatic carbocycles. The van der Waals surface area contributed by atoms with E-state index in [1.165, 1.54) is 4.90 Å². The summed E-state index contributed by atoms with van der Waals surface area (Å²) in [6.07, 6.45) is 0.389. The predicted molar refractivity (Wildman–Crippen MR) is 57.9 cm³/mol. The molecule has 1 saturated heterocycles. The van der Waals surface area contributed by atoms with Gasteiger partial charge in [-0.15, -0.1) is 12.1 Å². The van der Waals surface area contributed by atoms with Crippen molar-refractivity contribution in [2.75, 3.05) is 31.1 Å². The van der Waals surface area contributed by atoms with Crippen molar-refractivity contribution in [3.05, 3.63) is 12.1 Å². The third kappa shape index (κ3) is 6.74. The van der Waals surface area contributed by atoms with Crippen molar-refractivity contribution in [2.24, 2.45) is 0 Å². The molecule has 1 aliphatic rings. The predicted octanol–water partition coefficient (Wildman–Crippen LogP) is -1.95. The molecule has 1 heterocycles. The molecule has 9 heteroatoms. The molecule has 0 aromatic heterocycles. The quantitative estimate of drug-likeness (QED) is 0.568. The van der Waals surface area contributed by atoms with Gasteiger partial charge in [-0.1, -0.05) is 0 Å². The number of halogens is 3. The van der Waals surface area contributed by atoms with Crippen molar-refractivity contribution < 1.29 is 72.7 Å². The Morgan fingerprint density at radius 1 is 1.24 bits per heavy atom. The van der Waals surface area contributed by atoms with Gasteiger partial charge in [0.25, 0.3) is 0 Å². The molecule has 3 nitrogen and oxygen atoms in total. The van der Waals surface area contributed by atoms with Crippen molar-refractivity contribution in [3.8, 4) is 0 Å². The maximum absolute atomic E-state index is 12.3. The van der Waals surface area contributed by atoms with Gasteiger partial charge in [0.15, 0.2) is 9.84 Å². The van der Waals surface area contributed by atoms with E-state index < -0.39 is 22.3 Å². The van der Waals surface area contributed by atoms with Gasteiger partial charge in [-0.3, -0.25) is 0 Å².